The minimum Gasteiger partial charge on any atom is -0.488 e. The van der Waals surface area contributed by atoms with Crippen LogP contribution in [-0.4, -0.2) is 27.0 Å². The van der Waals surface area contributed by atoms with E-state index in [0.717, 1.165) is 23.7 Å². The fourth-order valence-electron chi connectivity index (χ4n) is 4.14. The van der Waals surface area contributed by atoms with Crippen LogP contribution in [0.3, 0.4) is 0 Å². The van der Waals surface area contributed by atoms with Gasteiger partial charge in [-0.1, -0.05) is 12.1 Å². The van der Waals surface area contributed by atoms with Crippen molar-refractivity contribution in [2.75, 3.05) is 11.9 Å². The first-order valence-electron chi connectivity index (χ1n) is 10.5. The Balaban J connectivity index is 1.63. The van der Waals surface area contributed by atoms with Gasteiger partial charge in [-0.3, -0.25) is 9.36 Å². The fourth-order valence-corrected chi connectivity index (χ4v) is 4.14. The van der Waals surface area contributed by atoms with Crippen molar-refractivity contribution in [1.82, 2.24) is 14.5 Å². The van der Waals surface area contributed by atoms with Crippen molar-refractivity contribution in [2.45, 2.75) is 26.3 Å². The number of nitrogens with zero attached hydrogens (tertiary/aromatic N) is 3. The summed E-state index contributed by atoms with van der Waals surface area (Å²) in [6, 6.07) is 10.5. The van der Waals surface area contributed by atoms with E-state index in [1.807, 2.05) is 13.0 Å². The number of hydrogen-bond donors (Lipinski definition) is 2. The van der Waals surface area contributed by atoms with E-state index in [1.54, 1.807) is 16.7 Å². The second-order valence-corrected chi connectivity index (χ2v) is 7.96. The zero-order valence-corrected chi connectivity index (χ0v) is 17.9. The number of hydrogen-bond acceptors (Lipinski definition) is 5. The van der Waals surface area contributed by atoms with Crippen LogP contribution in [-0.2, 0) is 13.0 Å². The number of anilines is 1. The Morgan fingerprint density at radius 1 is 1.18 bits per heavy atom. The highest BCUT2D eigenvalue weighted by Crippen LogP contribution is 2.34. The predicted molar refractivity (Wildman–Crippen MR) is 120 cm³/mol. The second kappa shape index (κ2) is 8.16. The van der Waals surface area contributed by atoms with Crippen LogP contribution in [0.1, 0.15) is 33.7 Å². The number of ether oxygens (including phenoxy) is 1. The summed E-state index contributed by atoms with van der Waals surface area (Å²) in [5.41, 5.74) is 8.18. The fraction of sp³-hybridized carbons (Fsp3) is 0.208. The molecule has 0 atom stereocenters. The lowest BCUT2D eigenvalue weighted by Crippen LogP contribution is -2.17. The number of rotatable bonds is 5. The van der Waals surface area contributed by atoms with Gasteiger partial charge in [0.1, 0.15) is 11.6 Å². The number of primary amides is 1. The lowest BCUT2D eigenvalue weighted by Gasteiger charge is -2.21. The molecule has 2 aromatic carbocycles. The smallest absolute Gasteiger partial charge is 0.249 e. The summed E-state index contributed by atoms with van der Waals surface area (Å²) >= 11 is 0. The molecule has 0 saturated carbocycles. The molecule has 5 rings (SSSR count). The SMILES string of the molecule is Cc1cc2c(C(N)=O)cc(F)cc2n1-c1nc2c(c(NCc3cccc(F)c3)n1)OCCC2. The second-order valence-electron chi connectivity index (χ2n) is 7.96. The van der Waals surface area contributed by atoms with E-state index in [4.69, 9.17) is 10.5 Å². The number of nitrogens with two attached hydrogens (primary N) is 1. The van der Waals surface area contributed by atoms with Crippen LogP contribution in [0.15, 0.2) is 42.5 Å². The van der Waals surface area contributed by atoms with Crippen molar-refractivity contribution in [1.29, 1.82) is 0 Å². The molecule has 0 saturated heterocycles. The Morgan fingerprint density at radius 3 is 2.82 bits per heavy atom. The number of aromatic nitrogens is 3. The van der Waals surface area contributed by atoms with Crippen molar-refractivity contribution in [3.63, 3.8) is 0 Å². The van der Waals surface area contributed by atoms with Crippen LogP contribution >= 0.6 is 0 Å². The standard InChI is InChI=1S/C24H21F2N5O2/c1-13-8-17-18(22(27)32)10-16(26)11-20(17)31(13)24-29-19-6-3-7-33-21(19)23(30-24)28-12-14-4-2-5-15(25)9-14/h2,4-5,8-11H,3,6-7,12H2,1H3,(H2,27,32)(H,28,29,30). The number of halogens is 2. The number of carbonyl (C=O) groups is 1. The van der Waals surface area contributed by atoms with E-state index in [0.29, 0.717) is 53.7 Å². The maximum absolute atomic E-state index is 14.3. The normalized spacial score (nSPS) is 12.9. The summed E-state index contributed by atoms with van der Waals surface area (Å²) in [6.07, 6.45) is 1.50. The summed E-state index contributed by atoms with van der Waals surface area (Å²) in [6.45, 7) is 2.70. The Morgan fingerprint density at radius 2 is 2.03 bits per heavy atom. The quantitative estimate of drug-likeness (QED) is 0.480. The average molecular weight is 449 g/mol. The molecule has 168 valence electrons. The molecule has 2 aromatic heterocycles. The van der Waals surface area contributed by atoms with Crippen LogP contribution in [0.25, 0.3) is 16.9 Å². The Kier molecular flexibility index (Phi) is 5.16. The largest absolute Gasteiger partial charge is 0.488 e. The third-order valence-electron chi connectivity index (χ3n) is 5.61. The van der Waals surface area contributed by atoms with Gasteiger partial charge in [-0.25, -0.2) is 13.8 Å². The van der Waals surface area contributed by atoms with Gasteiger partial charge in [-0.15, -0.1) is 0 Å². The highest BCUT2D eigenvalue weighted by atomic mass is 19.1. The van der Waals surface area contributed by atoms with Gasteiger partial charge in [0.2, 0.25) is 11.9 Å². The van der Waals surface area contributed by atoms with Crippen LogP contribution in [0.4, 0.5) is 14.6 Å². The van der Waals surface area contributed by atoms with Crippen LogP contribution < -0.4 is 15.8 Å². The maximum atomic E-state index is 14.3. The Hall–Kier alpha value is -4.01. The highest BCUT2D eigenvalue weighted by Gasteiger charge is 2.23. The third kappa shape index (κ3) is 3.86. The average Bonchev–Trinajstić information content (AvgIpc) is 3.12. The van der Waals surface area contributed by atoms with Crippen LogP contribution in [0.5, 0.6) is 5.75 Å². The lowest BCUT2D eigenvalue weighted by molar-refractivity contribution is 0.100. The molecule has 0 bridgehead atoms. The lowest BCUT2D eigenvalue weighted by atomic mass is 10.1. The molecule has 0 aliphatic carbocycles. The molecule has 3 heterocycles. The monoisotopic (exact) mass is 449 g/mol. The molecule has 0 unspecified atom stereocenters. The van der Waals surface area contributed by atoms with E-state index >= 15 is 0 Å². The molecule has 1 amide bonds. The molecular weight excluding hydrogens is 428 g/mol. The van der Waals surface area contributed by atoms with Gasteiger partial charge >= 0.3 is 0 Å². The van der Waals surface area contributed by atoms with Crippen LogP contribution in [0, 0.1) is 18.6 Å². The molecule has 33 heavy (non-hydrogen) atoms. The van der Waals surface area contributed by atoms with Gasteiger partial charge in [-0.2, -0.15) is 4.98 Å². The van der Waals surface area contributed by atoms with E-state index in [-0.39, 0.29) is 11.4 Å². The molecule has 0 radical (unpaired) electrons. The molecular formula is C24H21F2N5O2. The van der Waals surface area contributed by atoms with Crippen molar-refractivity contribution in [3.8, 4) is 11.7 Å². The number of nitrogens with one attached hydrogen (secondary N) is 1. The molecule has 4 aromatic rings. The Labute approximate surface area is 188 Å². The van der Waals surface area contributed by atoms with Gasteiger partial charge in [0.25, 0.3) is 0 Å². The molecule has 0 fully saturated rings. The Bertz CT molecular complexity index is 1400. The summed E-state index contributed by atoms with van der Waals surface area (Å²) in [5, 5.41) is 3.74. The first-order chi connectivity index (χ1) is 15.9. The summed E-state index contributed by atoms with van der Waals surface area (Å²) < 4.78 is 35.4. The third-order valence-corrected chi connectivity index (χ3v) is 5.61. The number of fused-ring (bicyclic) bond motifs is 2. The molecule has 1 aliphatic rings. The molecule has 1 aliphatic heterocycles. The van der Waals surface area contributed by atoms with Gasteiger partial charge < -0.3 is 15.8 Å². The number of aryl methyl sites for hydroxylation is 2. The van der Waals surface area contributed by atoms with Crippen molar-refractivity contribution >= 4 is 22.6 Å². The minimum atomic E-state index is -0.714. The maximum Gasteiger partial charge on any atom is 0.249 e. The molecule has 9 heteroatoms. The van der Waals surface area contributed by atoms with E-state index in [1.165, 1.54) is 18.2 Å². The molecule has 7 nitrogen and oxygen atoms in total. The summed E-state index contributed by atoms with van der Waals surface area (Å²) in [4.78, 5) is 21.2. The zero-order chi connectivity index (χ0) is 23.1. The van der Waals surface area contributed by atoms with Crippen molar-refractivity contribution in [2.24, 2.45) is 5.73 Å². The van der Waals surface area contributed by atoms with E-state index in [9.17, 15) is 13.6 Å². The van der Waals surface area contributed by atoms with Crippen molar-refractivity contribution in [3.05, 3.63) is 76.6 Å². The highest BCUT2D eigenvalue weighted by molar-refractivity contribution is 6.06. The predicted octanol–water partition coefficient (Wildman–Crippen LogP) is 4.04. The van der Waals surface area contributed by atoms with Crippen LogP contribution in [0.2, 0.25) is 0 Å². The van der Waals surface area contributed by atoms with E-state index < -0.39 is 11.7 Å². The number of carbonyl (C=O) groups excluding carboxylic acids is 1. The zero-order valence-electron chi connectivity index (χ0n) is 17.9. The van der Waals surface area contributed by atoms with Gasteiger partial charge in [-0.05, 0) is 55.7 Å². The number of benzene rings is 2. The first kappa shape index (κ1) is 20.9. The van der Waals surface area contributed by atoms with Crippen molar-refractivity contribution < 1.29 is 18.3 Å². The van der Waals surface area contributed by atoms with E-state index in [2.05, 4.69) is 15.3 Å². The number of amides is 1. The van der Waals surface area contributed by atoms with Gasteiger partial charge in [0.05, 0.1) is 23.4 Å². The summed E-state index contributed by atoms with van der Waals surface area (Å²) in [5.74, 6) is -0.284. The van der Waals surface area contributed by atoms with Gasteiger partial charge in [0, 0.05) is 17.6 Å². The minimum absolute atomic E-state index is 0.0950. The topological polar surface area (TPSA) is 95.1 Å². The van der Waals surface area contributed by atoms with Gasteiger partial charge in [0.15, 0.2) is 11.6 Å². The molecule has 3 N–H and O–H groups in total. The summed E-state index contributed by atoms with van der Waals surface area (Å²) in [7, 11) is 0. The first-order valence-corrected chi connectivity index (χ1v) is 10.5. The molecule has 0 spiro atoms.